The van der Waals surface area contributed by atoms with Gasteiger partial charge in [0.05, 0.1) is 0 Å². The predicted octanol–water partition coefficient (Wildman–Crippen LogP) is 13.4. The number of nitrogens with zero attached hydrogens (tertiary/aromatic N) is 2. The third kappa shape index (κ3) is 4.51. The maximum absolute atomic E-state index is 6.17. The van der Waals surface area contributed by atoms with Gasteiger partial charge in [0.25, 0.3) is 0 Å². The number of hydrogen-bond donors (Lipinski definition) is 0. The maximum atomic E-state index is 6.17. The molecule has 10 rings (SSSR count). The largest absolute Gasteiger partial charge is 0.436 e. The summed E-state index contributed by atoms with van der Waals surface area (Å²) >= 11 is 3.65. The Morgan fingerprint density at radius 2 is 1.02 bits per heavy atom. The fraction of sp³-hybridized carbons (Fsp3) is 0. The smallest absolute Gasteiger partial charge is 0.227 e. The van der Waals surface area contributed by atoms with Crippen molar-refractivity contribution in [1.29, 1.82) is 0 Å². The van der Waals surface area contributed by atoms with Crippen LogP contribution in [0.1, 0.15) is 0 Å². The van der Waals surface area contributed by atoms with Gasteiger partial charge in [-0.3, -0.25) is 0 Å². The van der Waals surface area contributed by atoms with E-state index in [2.05, 4.69) is 132 Å². The van der Waals surface area contributed by atoms with Crippen molar-refractivity contribution in [2.75, 3.05) is 4.90 Å². The fourth-order valence-corrected chi connectivity index (χ4v) is 9.06. The maximum Gasteiger partial charge on any atom is 0.227 e. The van der Waals surface area contributed by atoms with Crippen molar-refractivity contribution in [1.82, 2.24) is 4.98 Å². The molecule has 0 unspecified atom stereocenters. The lowest BCUT2D eigenvalue weighted by molar-refractivity contribution is 0.620. The average molecular weight is 651 g/mol. The van der Waals surface area contributed by atoms with Gasteiger partial charge in [0, 0.05) is 69.0 Å². The van der Waals surface area contributed by atoms with Crippen molar-refractivity contribution in [2.24, 2.45) is 0 Å². The first-order valence-corrected chi connectivity index (χ1v) is 17.6. The van der Waals surface area contributed by atoms with Crippen LogP contribution in [-0.2, 0) is 0 Å². The van der Waals surface area contributed by atoms with Crippen molar-refractivity contribution >= 4 is 91.2 Å². The van der Waals surface area contributed by atoms with Crippen molar-refractivity contribution in [3.05, 3.63) is 158 Å². The number of hydrogen-bond acceptors (Lipinski definition) is 5. The van der Waals surface area contributed by atoms with Gasteiger partial charge in [-0.1, -0.05) is 84.9 Å². The topological polar surface area (TPSA) is 29.3 Å². The number of oxazole rings is 1. The molecule has 0 aliphatic rings. The summed E-state index contributed by atoms with van der Waals surface area (Å²) in [5, 5.41) is 5.08. The average Bonchev–Trinajstić information content (AvgIpc) is 3.84. The predicted molar refractivity (Wildman–Crippen MR) is 205 cm³/mol. The zero-order chi connectivity index (χ0) is 31.6. The third-order valence-corrected chi connectivity index (χ3v) is 11.3. The van der Waals surface area contributed by atoms with E-state index < -0.39 is 0 Å². The number of anilines is 3. The Morgan fingerprint density at radius 3 is 1.88 bits per heavy atom. The molecule has 10 aromatic rings. The second kappa shape index (κ2) is 10.9. The second-order valence-corrected chi connectivity index (χ2v) is 14.2. The summed E-state index contributed by atoms with van der Waals surface area (Å²) in [6, 6.07) is 56.2. The quantitative estimate of drug-likeness (QED) is 0.186. The molecule has 48 heavy (non-hydrogen) atoms. The first-order valence-electron chi connectivity index (χ1n) is 15.9. The zero-order valence-electron chi connectivity index (χ0n) is 25.6. The van der Waals surface area contributed by atoms with E-state index in [0.29, 0.717) is 5.89 Å². The van der Waals surface area contributed by atoms with E-state index >= 15 is 0 Å². The zero-order valence-corrected chi connectivity index (χ0v) is 27.3. The van der Waals surface area contributed by atoms with Crippen molar-refractivity contribution < 1.29 is 4.42 Å². The lowest BCUT2D eigenvalue weighted by Crippen LogP contribution is -2.09. The molecule has 0 bridgehead atoms. The van der Waals surface area contributed by atoms with E-state index in [4.69, 9.17) is 9.40 Å². The lowest BCUT2D eigenvalue weighted by Gasteiger charge is -2.25. The Morgan fingerprint density at radius 1 is 0.417 bits per heavy atom. The van der Waals surface area contributed by atoms with Gasteiger partial charge in [0.15, 0.2) is 5.58 Å². The van der Waals surface area contributed by atoms with Crippen LogP contribution in [0.4, 0.5) is 17.1 Å². The van der Waals surface area contributed by atoms with Crippen LogP contribution in [0, 0.1) is 0 Å². The van der Waals surface area contributed by atoms with E-state index in [1.165, 1.54) is 51.5 Å². The van der Waals surface area contributed by atoms with Crippen molar-refractivity contribution in [2.45, 2.75) is 0 Å². The van der Waals surface area contributed by atoms with Gasteiger partial charge in [-0.15, -0.1) is 22.7 Å². The molecule has 0 spiro atoms. The van der Waals surface area contributed by atoms with Gasteiger partial charge in [0.1, 0.15) is 5.52 Å². The van der Waals surface area contributed by atoms with Crippen LogP contribution in [0.3, 0.4) is 0 Å². The lowest BCUT2D eigenvalue weighted by atomic mass is 10.0. The molecular formula is C43H26N2OS2. The van der Waals surface area contributed by atoms with Crippen molar-refractivity contribution in [3.63, 3.8) is 0 Å². The van der Waals surface area contributed by atoms with E-state index in [9.17, 15) is 0 Å². The Balaban J connectivity index is 1.01. The van der Waals surface area contributed by atoms with Crippen LogP contribution in [0.25, 0.3) is 74.0 Å². The molecule has 3 nitrogen and oxygen atoms in total. The Labute approximate surface area is 284 Å². The minimum Gasteiger partial charge on any atom is -0.436 e. The summed E-state index contributed by atoms with van der Waals surface area (Å²) in [7, 11) is 0. The van der Waals surface area contributed by atoms with E-state index in [1.807, 2.05) is 41.7 Å². The number of fused-ring (bicyclic) bond motifs is 7. The summed E-state index contributed by atoms with van der Waals surface area (Å²) < 4.78 is 11.2. The highest BCUT2D eigenvalue weighted by Gasteiger charge is 2.16. The van der Waals surface area contributed by atoms with E-state index in [1.54, 1.807) is 11.3 Å². The Kier molecular flexibility index (Phi) is 6.22. The normalized spacial score (nSPS) is 11.8. The van der Waals surface area contributed by atoms with Gasteiger partial charge >= 0.3 is 0 Å². The first kappa shape index (κ1) is 27.4. The molecule has 0 fully saturated rings. The second-order valence-electron chi connectivity index (χ2n) is 12.0. The standard InChI is InChI=1S/C43H26N2OS2/c1-3-9-28(10-4-1)43-44-37-25-36-35-21-17-29(23-40(35)48-42(36)26-38(37)46-43)27-15-18-31(19-16-27)45(30-11-5-2-6-12-30)32-20-22-34-33-13-7-8-14-39(33)47-41(34)24-32/h1-26H. The SMILES string of the molecule is c1ccc(-c2nc3cc4c(cc3o2)sc2cc(-c3ccc(N(c5ccccc5)c5ccc6c(c5)sc5ccccc56)cc3)ccc24)cc1. The van der Waals surface area contributed by atoms with Crippen LogP contribution in [0.15, 0.2) is 162 Å². The van der Waals surface area contributed by atoms with Gasteiger partial charge in [-0.2, -0.15) is 0 Å². The highest BCUT2D eigenvalue weighted by molar-refractivity contribution is 7.26. The molecule has 0 saturated heterocycles. The molecule has 0 amide bonds. The molecular weight excluding hydrogens is 625 g/mol. The van der Waals surface area contributed by atoms with E-state index in [0.717, 1.165) is 33.7 Å². The number of rotatable bonds is 5. The van der Waals surface area contributed by atoms with Crippen LogP contribution >= 0.6 is 22.7 Å². The monoisotopic (exact) mass is 650 g/mol. The Hall–Kier alpha value is -5.75. The molecule has 0 N–H and O–H groups in total. The molecule has 0 radical (unpaired) electrons. The molecule has 0 atom stereocenters. The molecule has 3 aromatic heterocycles. The molecule has 3 heterocycles. The summed E-state index contributed by atoms with van der Waals surface area (Å²) in [6.07, 6.45) is 0. The summed E-state index contributed by atoms with van der Waals surface area (Å²) in [4.78, 5) is 7.15. The number of aromatic nitrogens is 1. The highest BCUT2D eigenvalue weighted by Crippen LogP contribution is 2.42. The number of thiophene rings is 2. The van der Waals surface area contributed by atoms with Crippen LogP contribution in [-0.4, -0.2) is 4.98 Å². The van der Waals surface area contributed by atoms with Crippen LogP contribution in [0.2, 0.25) is 0 Å². The van der Waals surface area contributed by atoms with Gasteiger partial charge in [-0.25, -0.2) is 4.98 Å². The number of para-hydroxylation sites is 1. The molecule has 5 heteroatoms. The first-order chi connectivity index (χ1) is 23.7. The van der Waals surface area contributed by atoms with Crippen LogP contribution in [0.5, 0.6) is 0 Å². The van der Waals surface area contributed by atoms with Crippen LogP contribution < -0.4 is 4.90 Å². The van der Waals surface area contributed by atoms with Gasteiger partial charge in [0.2, 0.25) is 5.89 Å². The molecule has 0 aliphatic carbocycles. The van der Waals surface area contributed by atoms with Gasteiger partial charge in [-0.05, 0) is 77.9 Å². The summed E-state index contributed by atoms with van der Waals surface area (Å²) in [6.45, 7) is 0. The number of benzene rings is 7. The molecule has 7 aromatic carbocycles. The highest BCUT2D eigenvalue weighted by atomic mass is 32.1. The van der Waals surface area contributed by atoms with E-state index in [-0.39, 0.29) is 0 Å². The fourth-order valence-electron chi connectivity index (χ4n) is 6.76. The Bertz CT molecular complexity index is 2780. The summed E-state index contributed by atoms with van der Waals surface area (Å²) in [5.74, 6) is 0.657. The molecule has 226 valence electrons. The van der Waals surface area contributed by atoms with Crippen molar-refractivity contribution in [3.8, 4) is 22.6 Å². The minimum atomic E-state index is 0.657. The minimum absolute atomic E-state index is 0.657. The third-order valence-electron chi connectivity index (χ3n) is 9.10. The molecule has 0 saturated carbocycles. The molecule has 0 aliphatic heterocycles. The van der Waals surface area contributed by atoms with Gasteiger partial charge < -0.3 is 9.32 Å². The summed E-state index contributed by atoms with van der Waals surface area (Å²) in [5.41, 5.74) is 8.48.